The topological polar surface area (TPSA) is 61.9 Å². The molecule has 0 bridgehead atoms. The molecule has 3 heterocycles. The van der Waals surface area contributed by atoms with E-state index in [0.29, 0.717) is 19.6 Å². The van der Waals surface area contributed by atoms with Gasteiger partial charge in [0.05, 0.1) is 12.1 Å². The first-order valence-corrected chi connectivity index (χ1v) is 6.68. The molecule has 0 aromatic heterocycles. The lowest BCUT2D eigenvalue weighted by Gasteiger charge is -2.43. The molecule has 6 heteroatoms. The normalized spacial score (nSPS) is 32.9. The van der Waals surface area contributed by atoms with Gasteiger partial charge in [0.1, 0.15) is 0 Å². The van der Waals surface area contributed by atoms with E-state index in [9.17, 15) is 9.59 Å². The highest BCUT2D eigenvalue weighted by molar-refractivity contribution is 6.35. The van der Waals surface area contributed by atoms with Gasteiger partial charge >= 0.3 is 11.8 Å². The fourth-order valence-corrected chi connectivity index (χ4v) is 2.98. The monoisotopic (exact) mass is 253 g/mol. The molecular formula is C12H19N3O3. The van der Waals surface area contributed by atoms with Crippen LogP contribution in [0.25, 0.3) is 0 Å². The molecule has 1 N–H and O–H groups in total. The Bertz CT molecular complexity index is 354. The highest BCUT2D eigenvalue weighted by atomic mass is 16.5. The zero-order valence-electron chi connectivity index (χ0n) is 10.4. The van der Waals surface area contributed by atoms with E-state index in [1.54, 1.807) is 9.80 Å². The third-order valence-corrected chi connectivity index (χ3v) is 3.96. The summed E-state index contributed by atoms with van der Waals surface area (Å²) in [5.41, 5.74) is 0. The van der Waals surface area contributed by atoms with Gasteiger partial charge in [-0.1, -0.05) is 0 Å². The molecule has 6 nitrogen and oxygen atoms in total. The molecule has 0 aliphatic carbocycles. The maximum absolute atomic E-state index is 12.0. The number of amides is 2. The lowest BCUT2D eigenvalue weighted by molar-refractivity contribution is -0.160. The molecule has 0 spiro atoms. The van der Waals surface area contributed by atoms with Gasteiger partial charge in [-0.25, -0.2) is 0 Å². The zero-order chi connectivity index (χ0) is 12.5. The smallest absolute Gasteiger partial charge is 0.312 e. The third-order valence-electron chi connectivity index (χ3n) is 3.96. The van der Waals surface area contributed by atoms with Gasteiger partial charge in [0.2, 0.25) is 0 Å². The van der Waals surface area contributed by atoms with E-state index in [1.165, 1.54) is 0 Å². The summed E-state index contributed by atoms with van der Waals surface area (Å²) >= 11 is 0. The van der Waals surface area contributed by atoms with Crippen LogP contribution < -0.4 is 5.32 Å². The highest BCUT2D eigenvalue weighted by Gasteiger charge is 2.40. The number of hydrogen-bond donors (Lipinski definition) is 1. The third kappa shape index (κ3) is 2.10. The van der Waals surface area contributed by atoms with Crippen LogP contribution in [0.2, 0.25) is 0 Å². The fourth-order valence-electron chi connectivity index (χ4n) is 2.98. The van der Waals surface area contributed by atoms with E-state index in [4.69, 9.17) is 4.74 Å². The van der Waals surface area contributed by atoms with Crippen molar-refractivity contribution in [2.24, 2.45) is 0 Å². The number of ether oxygens (including phenoxy) is 1. The van der Waals surface area contributed by atoms with Crippen LogP contribution in [0.3, 0.4) is 0 Å². The van der Waals surface area contributed by atoms with Crippen LogP contribution in [0.5, 0.6) is 0 Å². The van der Waals surface area contributed by atoms with Crippen molar-refractivity contribution in [3.63, 3.8) is 0 Å². The van der Waals surface area contributed by atoms with Crippen molar-refractivity contribution in [2.75, 3.05) is 39.3 Å². The van der Waals surface area contributed by atoms with E-state index < -0.39 is 0 Å². The summed E-state index contributed by atoms with van der Waals surface area (Å²) in [6.07, 6.45) is 2.16. The van der Waals surface area contributed by atoms with Gasteiger partial charge in [0, 0.05) is 39.3 Å². The van der Waals surface area contributed by atoms with Gasteiger partial charge in [-0.05, 0) is 12.8 Å². The van der Waals surface area contributed by atoms with E-state index in [1.807, 2.05) is 0 Å². The van der Waals surface area contributed by atoms with Crippen LogP contribution in [0, 0.1) is 0 Å². The first kappa shape index (κ1) is 11.9. The summed E-state index contributed by atoms with van der Waals surface area (Å²) in [4.78, 5) is 27.4. The summed E-state index contributed by atoms with van der Waals surface area (Å²) in [5.74, 6) is -0.700. The van der Waals surface area contributed by atoms with Gasteiger partial charge < -0.3 is 19.9 Å². The van der Waals surface area contributed by atoms with Crippen LogP contribution >= 0.6 is 0 Å². The number of nitrogens with zero attached hydrogens (tertiary/aromatic N) is 2. The van der Waals surface area contributed by atoms with Crippen molar-refractivity contribution >= 4 is 11.8 Å². The molecule has 3 aliphatic rings. The number of hydrogen-bond acceptors (Lipinski definition) is 4. The predicted octanol–water partition coefficient (Wildman–Crippen LogP) is -1.19. The molecule has 2 amide bonds. The minimum Gasteiger partial charge on any atom is -0.376 e. The summed E-state index contributed by atoms with van der Waals surface area (Å²) in [6.45, 7) is 4.18. The van der Waals surface area contributed by atoms with Crippen molar-refractivity contribution in [3.8, 4) is 0 Å². The molecule has 3 aliphatic heterocycles. The van der Waals surface area contributed by atoms with Crippen LogP contribution in [-0.2, 0) is 14.3 Å². The highest BCUT2D eigenvalue weighted by Crippen LogP contribution is 2.18. The van der Waals surface area contributed by atoms with Crippen molar-refractivity contribution in [2.45, 2.75) is 25.0 Å². The average Bonchev–Trinajstić information content (AvgIpc) is 2.89. The van der Waals surface area contributed by atoms with Gasteiger partial charge in [-0.2, -0.15) is 0 Å². The summed E-state index contributed by atoms with van der Waals surface area (Å²) in [5, 5.41) is 3.27. The number of nitrogens with one attached hydrogen (secondary N) is 1. The molecule has 2 unspecified atom stereocenters. The van der Waals surface area contributed by atoms with Crippen molar-refractivity contribution in [1.82, 2.24) is 15.1 Å². The van der Waals surface area contributed by atoms with Crippen molar-refractivity contribution < 1.29 is 14.3 Å². The second-order valence-corrected chi connectivity index (χ2v) is 5.20. The molecule has 0 radical (unpaired) electrons. The minimum atomic E-state index is -0.358. The Balaban J connectivity index is 1.67. The average molecular weight is 253 g/mol. The van der Waals surface area contributed by atoms with Crippen LogP contribution in [-0.4, -0.2) is 73.1 Å². The molecule has 0 aromatic carbocycles. The summed E-state index contributed by atoms with van der Waals surface area (Å²) in [6, 6.07) is 0.130. The Hall–Kier alpha value is -1.14. The lowest BCUT2D eigenvalue weighted by Crippen LogP contribution is -2.66. The standard InChI is InChI=1S/C12H19N3O3/c16-11-12(17)15-4-3-13-6-9(15)7-14(11)8-10-2-1-5-18-10/h9-10,13H,1-8H2. The zero-order valence-corrected chi connectivity index (χ0v) is 10.4. The van der Waals surface area contributed by atoms with Gasteiger partial charge in [-0.15, -0.1) is 0 Å². The molecule has 3 fully saturated rings. The number of piperazine rings is 2. The molecule has 0 aromatic rings. The molecule has 0 saturated carbocycles. The Kier molecular flexibility index (Phi) is 3.22. The predicted molar refractivity (Wildman–Crippen MR) is 63.9 cm³/mol. The Morgan fingerprint density at radius 1 is 1.33 bits per heavy atom. The molecule has 3 saturated heterocycles. The summed E-state index contributed by atoms with van der Waals surface area (Å²) in [7, 11) is 0. The molecule has 2 atom stereocenters. The molecule has 18 heavy (non-hydrogen) atoms. The Labute approximate surface area is 106 Å². The lowest BCUT2D eigenvalue weighted by atomic mass is 10.1. The van der Waals surface area contributed by atoms with Crippen molar-refractivity contribution in [3.05, 3.63) is 0 Å². The second-order valence-electron chi connectivity index (χ2n) is 5.20. The minimum absolute atomic E-state index is 0.116. The maximum atomic E-state index is 12.0. The quantitative estimate of drug-likeness (QED) is 0.629. The second kappa shape index (κ2) is 4.85. The SMILES string of the molecule is O=C1C(=O)N2CCNCC2CN1CC1CCCO1. The fraction of sp³-hybridized carbons (Fsp3) is 0.833. The number of fused-ring (bicyclic) bond motifs is 1. The Morgan fingerprint density at radius 2 is 2.22 bits per heavy atom. The maximum Gasteiger partial charge on any atom is 0.312 e. The summed E-state index contributed by atoms with van der Waals surface area (Å²) < 4.78 is 5.54. The van der Waals surface area contributed by atoms with E-state index >= 15 is 0 Å². The van der Waals surface area contributed by atoms with E-state index in [-0.39, 0.29) is 24.0 Å². The van der Waals surface area contributed by atoms with Crippen molar-refractivity contribution in [1.29, 1.82) is 0 Å². The van der Waals surface area contributed by atoms with Gasteiger partial charge in [-0.3, -0.25) is 9.59 Å². The first-order valence-electron chi connectivity index (χ1n) is 6.68. The molecule has 3 rings (SSSR count). The molecular weight excluding hydrogens is 234 g/mol. The Morgan fingerprint density at radius 3 is 3.00 bits per heavy atom. The van der Waals surface area contributed by atoms with Crippen LogP contribution in [0.4, 0.5) is 0 Å². The molecule has 100 valence electrons. The first-order chi connectivity index (χ1) is 8.75. The number of carbonyl (C=O) groups excluding carboxylic acids is 2. The van der Waals surface area contributed by atoms with E-state index in [0.717, 1.165) is 32.5 Å². The number of rotatable bonds is 2. The number of carbonyl (C=O) groups is 2. The largest absolute Gasteiger partial charge is 0.376 e. The van der Waals surface area contributed by atoms with Crippen LogP contribution in [0.1, 0.15) is 12.8 Å². The van der Waals surface area contributed by atoms with Gasteiger partial charge in [0.15, 0.2) is 0 Å². The van der Waals surface area contributed by atoms with Gasteiger partial charge in [0.25, 0.3) is 0 Å². The van der Waals surface area contributed by atoms with Crippen LogP contribution in [0.15, 0.2) is 0 Å². The van der Waals surface area contributed by atoms with E-state index in [2.05, 4.69) is 5.32 Å².